The Morgan fingerprint density at radius 2 is 2.15 bits per heavy atom. The molecule has 5 heterocycles. The predicted molar refractivity (Wildman–Crippen MR) is 139 cm³/mol. The van der Waals surface area contributed by atoms with Crippen LogP contribution in [0.15, 0.2) is 35.8 Å². The number of anilines is 1. The van der Waals surface area contributed by atoms with Crippen molar-refractivity contribution in [3.63, 3.8) is 0 Å². The van der Waals surface area contributed by atoms with Gasteiger partial charge in [-0.1, -0.05) is 17.4 Å². The molecular weight excluding hydrogens is 466 g/mol. The van der Waals surface area contributed by atoms with Gasteiger partial charge >= 0.3 is 0 Å². The highest BCUT2D eigenvalue weighted by molar-refractivity contribution is 7.21. The van der Waals surface area contributed by atoms with E-state index in [2.05, 4.69) is 37.6 Å². The van der Waals surface area contributed by atoms with Crippen LogP contribution in [0.1, 0.15) is 37.0 Å². The molecule has 0 aromatic carbocycles. The fourth-order valence-corrected chi connectivity index (χ4v) is 6.53. The van der Waals surface area contributed by atoms with Gasteiger partial charge in [-0.3, -0.25) is 9.69 Å². The Hall–Kier alpha value is -2.07. The van der Waals surface area contributed by atoms with Crippen LogP contribution < -0.4 is 10.2 Å². The number of aromatic nitrogens is 2. The second kappa shape index (κ2) is 11.6. The smallest absolute Gasteiger partial charge is 0.223 e. The van der Waals surface area contributed by atoms with Gasteiger partial charge in [0.25, 0.3) is 0 Å². The molecule has 2 saturated heterocycles. The highest BCUT2D eigenvalue weighted by atomic mass is 32.1. The van der Waals surface area contributed by atoms with Crippen LogP contribution in [0.25, 0.3) is 10.3 Å². The van der Waals surface area contributed by atoms with Gasteiger partial charge in [0.15, 0.2) is 5.13 Å². The molecule has 2 aliphatic heterocycles. The number of thiazole rings is 1. The maximum atomic E-state index is 12.8. The third-order valence-electron chi connectivity index (χ3n) is 6.69. The minimum atomic E-state index is 0.0952. The van der Waals surface area contributed by atoms with Crippen molar-refractivity contribution in [2.24, 2.45) is 5.92 Å². The van der Waals surface area contributed by atoms with E-state index >= 15 is 0 Å². The molecule has 0 bridgehead atoms. The predicted octanol–water partition coefficient (Wildman–Crippen LogP) is 4.16. The average molecular weight is 500 g/mol. The van der Waals surface area contributed by atoms with E-state index < -0.39 is 0 Å². The number of piperidine rings is 1. The number of pyridine rings is 1. The van der Waals surface area contributed by atoms with Crippen LogP contribution >= 0.6 is 22.7 Å². The molecule has 3 aromatic rings. The molecule has 2 fully saturated rings. The van der Waals surface area contributed by atoms with Gasteiger partial charge in [0.2, 0.25) is 5.91 Å². The molecule has 9 heteroatoms. The minimum absolute atomic E-state index is 0.0952. The van der Waals surface area contributed by atoms with E-state index in [1.165, 1.54) is 11.3 Å². The van der Waals surface area contributed by atoms with Crippen molar-refractivity contribution in [1.29, 1.82) is 0 Å². The van der Waals surface area contributed by atoms with Crippen molar-refractivity contribution >= 4 is 44.1 Å². The highest BCUT2D eigenvalue weighted by Gasteiger charge is 2.26. The standard InChI is InChI=1S/C25H33N5O2S2/c31-23(19-8-13-30(14-9-19)25-28-22-7-1-10-27-24(22)34-25)26-11-4-12-29(17-20-5-2-15-32-20)18-21-6-3-16-33-21/h1,3,6-7,10,16,19-20H,2,4-5,8-9,11-15,17-18H2,(H,26,31)/t20-/m1/s1. The lowest BCUT2D eigenvalue weighted by Crippen LogP contribution is -2.41. The third-order valence-corrected chi connectivity index (χ3v) is 8.59. The van der Waals surface area contributed by atoms with Crippen LogP contribution in [-0.2, 0) is 16.1 Å². The van der Waals surface area contributed by atoms with E-state index in [-0.39, 0.29) is 11.8 Å². The number of ether oxygens (including phenoxy) is 1. The van der Waals surface area contributed by atoms with Crippen molar-refractivity contribution in [2.45, 2.75) is 44.8 Å². The lowest BCUT2D eigenvalue weighted by molar-refractivity contribution is -0.125. The average Bonchev–Trinajstić information content (AvgIpc) is 3.64. The Morgan fingerprint density at radius 3 is 2.91 bits per heavy atom. The van der Waals surface area contributed by atoms with Crippen molar-refractivity contribution < 1.29 is 9.53 Å². The molecule has 0 saturated carbocycles. The first-order chi connectivity index (χ1) is 16.7. The fourth-order valence-electron chi connectivity index (χ4n) is 4.82. The Morgan fingerprint density at radius 1 is 1.24 bits per heavy atom. The normalized spacial score (nSPS) is 19.3. The number of hydrogen-bond donors (Lipinski definition) is 1. The van der Waals surface area contributed by atoms with Crippen molar-refractivity contribution in [3.8, 4) is 0 Å². The first kappa shape index (κ1) is 23.7. The SMILES string of the molecule is O=C(NCCCN(Cc1cccs1)C[C@H]1CCCO1)C1CCN(c2nc3cccnc3s2)CC1. The lowest BCUT2D eigenvalue weighted by atomic mass is 9.96. The van der Waals surface area contributed by atoms with Gasteiger partial charge in [-0.2, -0.15) is 0 Å². The maximum absolute atomic E-state index is 12.8. The summed E-state index contributed by atoms with van der Waals surface area (Å²) in [6, 6.07) is 8.24. The second-order valence-electron chi connectivity index (χ2n) is 9.18. The first-order valence-corrected chi connectivity index (χ1v) is 14.0. The Balaban J connectivity index is 1.04. The van der Waals surface area contributed by atoms with E-state index in [4.69, 9.17) is 9.72 Å². The monoisotopic (exact) mass is 499 g/mol. The highest BCUT2D eigenvalue weighted by Crippen LogP contribution is 2.30. The fraction of sp³-hybridized carbons (Fsp3) is 0.560. The van der Waals surface area contributed by atoms with Crippen LogP contribution in [0, 0.1) is 5.92 Å². The molecule has 1 N–H and O–H groups in total. The second-order valence-corrected chi connectivity index (χ2v) is 11.2. The molecule has 5 rings (SSSR count). The molecule has 182 valence electrons. The number of amides is 1. The van der Waals surface area contributed by atoms with Crippen LogP contribution in [0.4, 0.5) is 5.13 Å². The van der Waals surface area contributed by atoms with Crippen LogP contribution in [-0.4, -0.2) is 66.2 Å². The maximum Gasteiger partial charge on any atom is 0.223 e. The van der Waals surface area contributed by atoms with Crippen LogP contribution in [0.5, 0.6) is 0 Å². The molecule has 7 nitrogen and oxygen atoms in total. The van der Waals surface area contributed by atoms with E-state index in [0.29, 0.717) is 6.10 Å². The Labute approximate surface area is 209 Å². The van der Waals surface area contributed by atoms with Crippen LogP contribution in [0.3, 0.4) is 0 Å². The Bertz CT molecular complexity index is 1010. The molecule has 0 aliphatic carbocycles. The quantitative estimate of drug-likeness (QED) is 0.423. The van der Waals surface area contributed by atoms with Gasteiger partial charge in [0.05, 0.1) is 6.10 Å². The molecule has 1 amide bonds. The Kier molecular flexibility index (Phi) is 8.05. The van der Waals surface area contributed by atoms with Crippen LogP contribution in [0.2, 0.25) is 0 Å². The minimum Gasteiger partial charge on any atom is -0.377 e. The van der Waals surface area contributed by atoms with Gasteiger partial charge in [-0.05, 0) is 55.7 Å². The summed E-state index contributed by atoms with van der Waals surface area (Å²) in [7, 11) is 0. The summed E-state index contributed by atoms with van der Waals surface area (Å²) < 4.78 is 5.87. The van der Waals surface area contributed by atoms with E-state index in [1.807, 2.05) is 29.7 Å². The van der Waals surface area contributed by atoms with Gasteiger partial charge in [0.1, 0.15) is 10.3 Å². The van der Waals surface area contributed by atoms with E-state index in [0.717, 1.165) is 87.0 Å². The first-order valence-electron chi connectivity index (χ1n) is 12.3. The molecule has 0 radical (unpaired) electrons. The topological polar surface area (TPSA) is 70.6 Å². The number of carbonyl (C=O) groups excluding carboxylic acids is 1. The van der Waals surface area contributed by atoms with Crippen molar-refractivity contribution in [2.75, 3.05) is 44.2 Å². The molecule has 1 atom stereocenters. The van der Waals surface area contributed by atoms with Gasteiger partial charge in [-0.15, -0.1) is 11.3 Å². The molecule has 0 unspecified atom stereocenters. The summed E-state index contributed by atoms with van der Waals surface area (Å²) in [6.45, 7) is 6.28. The number of nitrogens with zero attached hydrogens (tertiary/aromatic N) is 4. The molecule has 34 heavy (non-hydrogen) atoms. The zero-order chi connectivity index (χ0) is 23.2. The number of carbonyl (C=O) groups is 1. The zero-order valence-corrected chi connectivity index (χ0v) is 21.2. The van der Waals surface area contributed by atoms with E-state index in [1.54, 1.807) is 11.3 Å². The molecule has 2 aliphatic rings. The van der Waals surface area contributed by atoms with Gasteiger partial charge in [-0.25, -0.2) is 9.97 Å². The zero-order valence-electron chi connectivity index (χ0n) is 19.5. The summed E-state index contributed by atoms with van der Waals surface area (Å²) in [5.74, 6) is 0.299. The number of fused-ring (bicyclic) bond motifs is 1. The molecule has 3 aromatic heterocycles. The third kappa shape index (κ3) is 6.13. The largest absolute Gasteiger partial charge is 0.377 e. The summed E-state index contributed by atoms with van der Waals surface area (Å²) in [6.07, 6.45) is 7.20. The summed E-state index contributed by atoms with van der Waals surface area (Å²) >= 11 is 3.44. The van der Waals surface area contributed by atoms with Crippen molar-refractivity contribution in [1.82, 2.24) is 20.2 Å². The summed E-state index contributed by atoms with van der Waals surface area (Å²) in [5.41, 5.74) is 0.954. The molecule has 0 spiro atoms. The number of hydrogen-bond acceptors (Lipinski definition) is 8. The number of rotatable bonds is 10. The van der Waals surface area contributed by atoms with Gasteiger partial charge < -0.3 is 15.0 Å². The van der Waals surface area contributed by atoms with Gasteiger partial charge in [0, 0.05) is 62.9 Å². The lowest BCUT2D eigenvalue weighted by Gasteiger charge is -2.31. The molecular formula is C25H33N5O2S2. The summed E-state index contributed by atoms with van der Waals surface area (Å²) in [5, 5.41) is 6.36. The summed E-state index contributed by atoms with van der Waals surface area (Å²) in [4.78, 5) is 29.0. The number of thiophene rings is 1. The van der Waals surface area contributed by atoms with Crippen molar-refractivity contribution in [3.05, 3.63) is 40.7 Å². The van der Waals surface area contributed by atoms with E-state index in [9.17, 15) is 4.79 Å². The number of nitrogens with one attached hydrogen (secondary N) is 1.